The van der Waals surface area contributed by atoms with E-state index in [1.165, 1.54) is 34.1 Å². The van der Waals surface area contributed by atoms with Gasteiger partial charge in [-0.1, -0.05) is 0 Å². The van der Waals surface area contributed by atoms with Crippen molar-refractivity contribution in [2.45, 2.75) is 36.9 Å². The Morgan fingerprint density at radius 2 is 0.857 bits per heavy atom. The SMILES string of the molecule is Cc1cccc2[c]1[Bi+][c]1ccccc1CSC2.Cc1cccc2[c]1[Bi+][c]1ccccc1CSC2.[O-2]. The van der Waals surface area contributed by atoms with Crippen LogP contribution in [0.4, 0.5) is 0 Å². The Labute approximate surface area is 241 Å². The number of rotatable bonds is 0. The van der Waals surface area contributed by atoms with Crippen LogP contribution in [0.3, 0.4) is 0 Å². The molecule has 0 spiro atoms. The summed E-state index contributed by atoms with van der Waals surface area (Å²) in [5.41, 5.74) is 9.39. The summed E-state index contributed by atoms with van der Waals surface area (Å²) in [4.78, 5) is 0. The van der Waals surface area contributed by atoms with Crippen LogP contribution in [0.5, 0.6) is 0 Å². The van der Waals surface area contributed by atoms with Crippen LogP contribution in [0.1, 0.15) is 33.4 Å². The van der Waals surface area contributed by atoms with Gasteiger partial charge in [0.15, 0.2) is 0 Å². The number of thioether (sulfide) groups is 2. The normalized spacial score (nSPS) is 14.0. The Bertz CT molecular complexity index is 1200. The van der Waals surface area contributed by atoms with Crippen molar-refractivity contribution in [2.75, 3.05) is 0 Å². The monoisotopic (exact) mass is 886 g/mol. The summed E-state index contributed by atoms with van der Waals surface area (Å²) < 4.78 is 6.78. The van der Waals surface area contributed by atoms with E-state index in [4.69, 9.17) is 0 Å². The number of hydrogen-bond acceptors (Lipinski definition) is 2. The van der Waals surface area contributed by atoms with Crippen LogP contribution in [-0.4, -0.2) is 46.5 Å². The Kier molecular flexibility index (Phi) is 10.3. The van der Waals surface area contributed by atoms with E-state index in [0.717, 1.165) is 0 Å². The second-order valence-electron chi connectivity index (χ2n) is 8.63. The van der Waals surface area contributed by atoms with Gasteiger partial charge in [-0.05, 0) is 0 Å². The topological polar surface area (TPSA) is 28.5 Å². The minimum Gasteiger partial charge on any atom is -2.00 e. The predicted octanol–water partition coefficient (Wildman–Crippen LogP) is 4.67. The molecule has 2 heterocycles. The number of hydrogen-bond donors (Lipinski definition) is 0. The van der Waals surface area contributed by atoms with Crippen LogP contribution < -0.4 is 13.1 Å². The molecule has 0 saturated heterocycles. The molecule has 2 aliphatic heterocycles. The maximum atomic E-state index is 2.36. The van der Waals surface area contributed by atoms with Crippen LogP contribution in [-0.2, 0) is 28.5 Å². The summed E-state index contributed by atoms with van der Waals surface area (Å²) in [5, 5.41) is 0. The number of aryl methyl sites for hydroxylation is 2. The molecule has 0 fully saturated rings. The first-order valence-corrected chi connectivity index (χ1v) is 20.9. The van der Waals surface area contributed by atoms with Gasteiger partial charge in [0.2, 0.25) is 0 Å². The third-order valence-corrected chi connectivity index (χ3v) is 20.2. The van der Waals surface area contributed by atoms with Crippen molar-refractivity contribution < 1.29 is 5.48 Å². The summed E-state index contributed by atoms with van der Waals surface area (Å²) in [6.07, 6.45) is 0. The summed E-state index contributed by atoms with van der Waals surface area (Å²) in [6, 6.07) is 31.7. The first-order valence-electron chi connectivity index (χ1n) is 11.6. The van der Waals surface area contributed by atoms with Gasteiger partial charge in [-0.3, -0.25) is 0 Å². The molecule has 4 radical (unpaired) electrons. The van der Waals surface area contributed by atoms with E-state index in [9.17, 15) is 0 Å². The standard InChI is InChI=1S/2C15H14S.2Bi.O/c2*1-13-6-5-9-15(10-13)12-16-11-14-7-3-2-4-8-14;;;/h2*2-7,9H,11-12H2,1H3;;;/q;;2*+1;-2. The van der Waals surface area contributed by atoms with Gasteiger partial charge in [-0.25, -0.2) is 0 Å². The van der Waals surface area contributed by atoms with Crippen LogP contribution in [0, 0.1) is 13.8 Å². The Hall–Kier alpha value is -0.694. The fourth-order valence-electron chi connectivity index (χ4n) is 4.26. The third kappa shape index (κ3) is 6.80. The number of benzene rings is 4. The summed E-state index contributed by atoms with van der Waals surface area (Å²) in [5.74, 6) is 4.75. The van der Waals surface area contributed by atoms with Crippen molar-refractivity contribution in [3.05, 3.63) is 118 Å². The molecule has 0 unspecified atom stereocenters. The zero-order valence-electron chi connectivity index (χ0n) is 20.0. The first-order chi connectivity index (χ1) is 16.7. The predicted molar refractivity (Wildman–Crippen MR) is 156 cm³/mol. The number of fused-ring (bicyclic) bond motifs is 4. The van der Waals surface area contributed by atoms with Gasteiger partial charge in [-0.2, -0.15) is 0 Å². The molecule has 5 heteroatoms. The van der Waals surface area contributed by atoms with Crippen molar-refractivity contribution in [1.29, 1.82) is 0 Å². The summed E-state index contributed by atoms with van der Waals surface area (Å²) >= 11 is 2.68. The Morgan fingerprint density at radius 3 is 1.31 bits per heavy atom. The molecular formula is C30H28Bi2OS2. The zero-order chi connectivity index (χ0) is 23.3. The first kappa shape index (κ1) is 27.3. The van der Waals surface area contributed by atoms with Gasteiger partial charge < -0.3 is 5.48 Å². The van der Waals surface area contributed by atoms with E-state index in [0.29, 0.717) is 0 Å². The average Bonchev–Trinajstić information content (AvgIpc) is 2.82. The van der Waals surface area contributed by atoms with E-state index in [1.54, 1.807) is 35.3 Å². The minimum absolute atomic E-state index is 0. The molecule has 4 aromatic rings. The Morgan fingerprint density at radius 1 is 0.486 bits per heavy atom. The average molecular weight is 887 g/mol. The van der Waals surface area contributed by atoms with E-state index in [-0.39, 0.29) is 5.48 Å². The fourth-order valence-corrected chi connectivity index (χ4v) is 17.8. The molecule has 176 valence electrons. The van der Waals surface area contributed by atoms with Crippen LogP contribution in [0.2, 0.25) is 0 Å². The van der Waals surface area contributed by atoms with Crippen molar-refractivity contribution in [2.24, 2.45) is 0 Å². The van der Waals surface area contributed by atoms with Gasteiger partial charge in [0.25, 0.3) is 0 Å². The van der Waals surface area contributed by atoms with Gasteiger partial charge in [0.05, 0.1) is 0 Å². The molecule has 2 aliphatic rings. The quantitative estimate of drug-likeness (QED) is 0.241. The summed E-state index contributed by atoms with van der Waals surface area (Å²) in [6.45, 7) is 4.55. The maximum Gasteiger partial charge on any atom is -2.00 e. The van der Waals surface area contributed by atoms with Crippen molar-refractivity contribution in [1.82, 2.24) is 0 Å². The summed E-state index contributed by atoms with van der Waals surface area (Å²) in [7, 11) is 0. The second kappa shape index (κ2) is 13.2. The van der Waals surface area contributed by atoms with E-state index in [1.807, 2.05) is 0 Å². The molecule has 4 aromatic carbocycles. The molecule has 0 atom stereocenters. The molecule has 35 heavy (non-hydrogen) atoms. The smallest absolute Gasteiger partial charge is 2.00 e. The second-order valence-corrected chi connectivity index (χ2v) is 19.6. The van der Waals surface area contributed by atoms with E-state index >= 15 is 0 Å². The van der Waals surface area contributed by atoms with Gasteiger partial charge in [0, 0.05) is 0 Å². The van der Waals surface area contributed by atoms with Crippen LogP contribution >= 0.6 is 23.5 Å². The molecule has 0 bridgehead atoms. The third-order valence-electron chi connectivity index (χ3n) is 6.12. The van der Waals surface area contributed by atoms with Crippen molar-refractivity contribution >= 4 is 83.1 Å². The molecule has 6 rings (SSSR count). The van der Waals surface area contributed by atoms with E-state index in [2.05, 4.69) is 122 Å². The molecule has 1 nitrogen and oxygen atoms in total. The largest absolute Gasteiger partial charge is 2.00 e. The molecule has 0 aromatic heterocycles. The Balaban J connectivity index is 0.000000160. The van der Waals surface area contributed by atoms with Gasteiger partial charge in [0.1, 0.15) is 0 Å². The van der Waals surface area contributed by atoms with E-state index < -0.39 is 46.5 Å². The van der Waals surface area contributed by atoms with Crippen molar-refractivity contribution in [3.63, 3.8) is 0 Å². The molecule has 0 aliphatic carbocycles. The van der Waals surface area contributed by atoms with Crippen molar-refractivity contribution in [3.8, 4) is 0 Å². The molecule has 0 N–H and O–H groups in total. The zero-order valence-corrected chi connectivity index (χ0v) is 28.6. The maximum absolute atomic E-state index is 2.36. The molecular weight excluding hydrogens is 858 g/mol. The minimum atomic E-state index is -0.711. The molecule has 0 saturated carbocycles. The molecule has 0 amide bonds. The van der Waals surface area contributed by atoms with Crippen LogP contribution in [0.25, 0.3) is 0 Å². The fraction of sp³-hybridized carbons (Fsp3) is 0.200. The van der Waals surface area contributed by atoms with Gasteiger partial charge in [-0.15, -0.1) is 0 Å². The van der Waals surface area contributed by atoms with Crippen LogP contribution in [0.15, 0.2) is 84.9 Å². The van der Waals surface area contributed by atoms with Gasteiger partial charge >= 0.3 is 238 Å².